The highest BCUT2D eigenvalue weighted by atomic mass is 35.5. The van der Waals surface area contributed by atoms with Crippen LogP contribution >= 0.6 is 23.8 Å². The van der Waals surface area contributed by atoms with Gasteiger partial charge < -0.3 is 5.73 Å². The average Bonchev–Trinajstić information content (AvgIpc) is 2.43. The fraction of sp³-hybridized carbons (Fsp3) is 0. The molecule has 0 atom stereocenters. The molecule has 0 aliphatic heterocycles. The molecule has 4 nitrogen and oxygen atoms in total. The zero-order chi connectivity index (χ0) is 15.6. The minimum absolute atomic E-state index is 0.00625. The van der Waals surface area contributed by atoms with Gasteiger partial charge in [0.25, 0.3) is 10.0 Å². The van der Waals surface area contributed by atoms with Crippen molar-refractivity contribution >= 4 is 44.5 Å². The summed E-state index contributed by atoms with van der Waals surface area (Å²) in [5, 5.41) is -0.174. The van der Waals surface area contributed by atoms with Crippen LogP contribution in [0.3, 0.4) is 0 Å². The van der Waals surface area contributed by atoms with Crippen LogP contribution in [-0.2, 0) is 10.0 Å². The van der Waals surface area contributed by atoms with E-state index in [9.17, 15) is 12.8 Å². The van der Waals surface area contributed by atoms with E-state index in [0.29, 0.717) is 5.56 Å². The van der Waals surface area contributed by atoms with Crippen LogP contribution in [0.25, 0.3) is 0 Å². The molecular weight excluding hydrogens is 335 g/mol. The molecule has 0 spiro atoms. The number of thiocarbonyl (C=S) groups is 1. The number of nitrogens with two attached hydrogens (primary N) is 1. The Bertz CT molecular complexity index is 810. The van der Waals surface area contributed by atoms with Crippen LogP contribution in [0.15, 0.2) is 47.4 Å². The van der Waals surface area contributed by atoms with E-state index >= 15 is 0 Å². The summed E-state index contributed by atoms with van der Waals surface area (Å²) in [7, 11) is -3.85. The molecule has 0 unspecified atom stereocenters. The molecule has 0 amide bonds. The van der Waals surface area contributed by atoms with Crippen molar-refractivity contribution in [3.63, 3.8) is 0 Å². The van der Waals surface area contributed by atoms with Crippen LogP contribution in [0.1, 0.15) is 5.56 Å². The fourth-order valence-electron chi connectivity index (χ4n) is 1.59. The Balaban J connectivity index is 2.36. The number of hydrogen-bond acceptors (Lipinski definition) is 3. The zero-order valence-electron chi connectivity index (χ0n) is 10.5. The van der Waals surface area contributed by atoms with E-state index in [1.54, 1.807) is 6.07 Å². The lowest BCUT2D eigenvalue weighted by molar-refractivity contribution is 0.601. The zero-order valence-corrected chi connectivity index (χ0v) is 12.9. The number of halogens is 2. The van der Waals surface area contributed by atoms with Crippen LogP contribution in [0.5, 0.6) is 0 Å². The van der Waals surface area contributed by atoms with Gasteiger partial charge in [0.05, 0.1) is 15.6 Å². The average molecular weight is 345 g/mol. The Hall–Kier alpha value is -1.70. The second-order valence-corrected chi connectivity index (χ2v) is 6.66. The molecule has 21 heavy (non-hydrogen) atoms. The maximum Gasteiger partial charge on any atom is 0.261 e. The largest absolute Gasteiger partial charge is 0.389 e. The summed E-state index contributed by atoms with van der Waals surface area (Å²) in [4.78, 5) is 0.0881. The molecule has 0 radical (unpaired) electrons. The lowest BCUT2D eigenvalue weighted by Gasteiger charge is -2.09. The standard InChI is InChI=1S/C13H10ClFN2O2S2/c14-11-7-9(4-5-12(11)15)17-21(18,19)10-3-1-2-8(6-10)13(16)20/h1-7,17H,(H2,16,20). The molecule has 0 bridgehead atoms. The molecule has 3 N–H and O–H groups in total. The first kappa shape index (κ1) is 15.7. The molecule has 2 aromatic carbocycles. The lowest BCUT2D eigenvalue weighted by Crippen LogP contribution is -2.15. The van der Waals surface area contributed by atoms with Gasteiger partial charge >= 0.3 is 0 Å². The second kappa shape index (κ2) is 5.97. The molecule has 0 fully saturated rings. The summed E-state index contributed by atoms with van der Waals surface area (Å²) < 4.78 is 39.8. The Labute approximate surface area is 131 Å². The van der Waals surface area contributed by atoms with Crippen molar-refractivity contribution in [3.8, 4) is 0 Å². The van der Waals surface area contributed by atoms with Crippen molar-refractivity contribution in [2.75, 3.05) is 4.72 Å². The van der Waals surface area contributed by atoms with Crippen molar-refractivity contribution in [2.24, 2.45) is 5.73 Å². The molecule has 0 aliphatic carbocycles. The molecular formula is C13H10ClFN2O2S2. The monoisotopic (exact) mass is 344 g/mol. The Morgan fingerprint density at radius 2 is 1.95 bits per heavy atom. The van der Waals surface area contributed by atoms with Gasteiger partial charge in [-0.25, -0.2) is 12.8 Å². The molecule has 2 rings (SSSR count). The van der Waals surface area contributed by atoms with E-state index in [-0.39, 0.29) is 20.6 Å². The number of rotatable bonds is 4. The summed E-state index contributed by atoms with van der Waals surface area (Å²) in [5.74, 6) is -0.630. The predicted octanol–water partition coefficient (Wildman–Crippen LogP) is 2.91. The van der Waals surface area contributed by atoms with Crippen LogP contribution < -0.4 is 10.5 Å². The topological polar surface area (TPSA) is 72.2 Å². The van der Waals surface area contributed by atoms with Crippen LogP contribution in [0.2, 0.25) is 5.02 Å². The highest BCUT2D eigenvalue weighted by Crippen LogP contribution is 2.22. The normalized spacial score (nSPS) is 11.1. The first-order valence-corrected chi connectivity index (χ1v) is 7.94. The van der Waals surface area contributed by atoms with Crippen molar-refractivity contribution in [1.29, 1.82) is 0 Å². The number of hydrogen-bond donors (Lipinski definition) is 2. The third kappa shape index (κ3) is 3.69. The van der Waals surface area contributed by atoms with E-state index in [2.05, 4.69) is 4.72 Å². The SMILES string of the molecule is NC(=S)c1cccc(S(=O)(=O)Nc2ccc(F)c(Cl)c2)c1. The molecule has 0 heterocycles. The van der Waals surface area contributed by atoms with Gasteiger partial charge in [-0.3, -0.25) is 4.72 Å². The van der Waals surface area contributed by atoms with Crippen LogP contribution in [0, 0.1) is 5.82 Å². The van der Waals surface area contributed by atoms with Gasteiger partial charge in [-0.15, -0.1) is 0 Å². The molecule has 0 saturated carbocycles. The van der Waals surface area contributed by atoms with E-state index in [1.165, 1.54) is 30.3 Å². The van der Waals surface area contributed by atoms with Gasteiger partial charge in [0.1, 0.15) is 10.8 Å². The van der Waals surface area contributed by atoms with Crippen LogP contribution in [-0.4, -0.2) is 13.4 Å². The summed E-state index contributed by atoms with van der Waals surface area (Å²) in [6, 6.07) is 9.43. The molecule has 110 valence electrons. The van der Waals surface area contributed by atoms with Gasteiger partial charge in [-0.1, -0.05) is 36.0 Å². The van der Waals surface area contributed by atoms with Crippen molar-refractivity contribution in [2.45, 2.75) is 4.90 Å². The minimum atomic E-state index is -3.85. The fourth-order valence-corrected chi connectivity index (χ4v) is 2.99. The smallest absolute Gasteiger partial charge is 0.261 e. The maximum absolute atomic E-state index is 13.1. The first-order valence-electron chi connectivity index (χ1n) is 5.67. The number of benzene rings is 2. The Morgan fingerprint density at radius 1 is 1.24 bits per heavy atom. The van der Waals surface area contributed by atoms with Gasteiger partial charge in [-0.2, -0.15) is 0 Å². The second-order valence-electron chi connectivity index (χ2n) is 4.13. The minimum Gasteiger partial charge on any atom is -0.389 e. The predicted molar refractivity (Wildman–Crippen MR) is 84.5 cm³/mol. The third-order valence-corrected chi connectivity index (χ3v) is 4.50. The molecule has 0 aromatic heterocycles. The maximum atomic E-state index is 13.1. The quantitative estimate of drug-likeness (QED) is 0.836. The van der Waals surface area contributed by atoms with Gasteiger partial charge in [-0.05, 0) is 30.3 Å². The van der Waals surface area contributed by atoms with Crippen molar-refractivity contribution in [1.82, 2.24) is 0 Å². The number of anilines is 1. The van der Waals surface area contributed by atoms with Gasteiger partial charge in [0.2, 0.25) is 0 Å². The van der Waals surface area contributed by atoms with E-state index < -0.39 is 15.8 Å². The van der Waals surface area contributed by atoms with Crippen molar-refractivity contribution < 1.29 is 12.8 Å². The lowest BCUT2D eigenvalue weighted by atomic mass is 10.2. The highest BCUT2D eigenvalue weighted by Gasteiger charge is 2.15. The first-order chi connectivity index (χ1) is 9.79. The van der Waals surface area contributed by atoms with Gasteiger partial charge in [0, 0.05) is 5.56 Å². The summed E-state index contributed by atoms with van der Waals surface area (Å²) in [6.45, 7) is 0. The molecule has 8 heteroatoms. The number of sulfonamides is 1. The molecule has 0 aliphatic rings. The van der Waals surface area contributed by atoms with Crippen molar-refractivity contribution in [3.05, 3.63) is 58.9 Å². The summed E-state index contributed by atoms with van der Waals surface area (Å²) in [5.41, 5.74) is 6.06. The van der Waals surface area contributed by atoms with Crippen LogP contribution in [0.4, 0.5) is 10.1 Å². The Morgan fingerprint density at radius 3 is 2.57 bits per heavy atom. The van der Waals surface area contributed by atoms with E-state index in [0.717, 1.165) is 6.07 Å². The third-order valence-electron chi connectivity index (χ3n) is 2.60. The summed E-state index contributed by atoms with van der Waals surface area (Å²) >= 11 is 10.4. The van der Waals surface area contributed by atoms with E-state index in [1.807, 2.05) is 0 Å². The Kier molecular flexibility index (Phi) is 4.46. The summed E-state index contributed by atoms with van der Waals surface area (Å²) in [6.07, 6.45) is 0. The number of nitrogens with one attached hydrogen (secondary N) is 1. The van der Waals surface area contributed by atoms with Gasteiger partial charge in [0.15, 0.2) is 0 Å². The molecule has 2 aromatic rings. The van der Waals surface area contributed by atoms with E-state index in [4.69, 9.17) is 29.6 Å². The molecule has 0 saturated heterocycles. The highest BCUT2D eigenvalue weighted by molar-refractivity contribution is 7.92.